The Bertz CT molecular complexity index is 648. The van der Waals surface area contributed by atoms with E-state index in [-0.39, 0.29) is 27.9 Å². The van der Waals surface area contributed by atoms with Crippen LogP contribution in [0, 0.1) is 5.92 Å². The molecule has 1 aliphatic carbocycles. The van der Waals surface area contributed by atoms with Gasteiger partial charge in [0.05, 0.1) is 9.92 Å². The Morgan fingerprint density at radius 1 is 1.36 bits per heavy atom. The number of halogens is 1. The third kappa shape index (κ3) is 4.02. The summed E-state index contributed by atoms with van der Waals surface area (Å²) in [5.41, 5.74) is 0.770. The van der Waals surface area contributed by atoms with Crippen molar-refractivity contribution in [3.63, 3.8) is 0 Å². The lowest BCUT2D eigenvalue weighted by Crippen LogP contribution is -2.18. The fourth-order valence-corrected chi connectivity index (χ4v) is 4.25. The molecule has 0 radical (unpaired) electrons. The van der Waals surface area contributed by atoms with E-state index < -0.39 is 9.84 Å². The summed E-state index contributed by atoms with van der Waals surface area (Å²) in [6.45, 7) is 1.76. The van der Waals surface area contributed by atoms with Crippen LogP contribution in [0.1, 0.15) is 50.7 Å². The molecule has 0 spiro atoms. The van der Waals surface area contributed by atoms with Gasteiger partial charge in [0.15, 0.2) is 9.84 Å². The van der Waals surface area contributed by atoms with Gasteiger partial charge in [-0.3, -0.25) is 4.79 Å². The third-order valence-corrected chi connectivity index (χ3v) is 5.64. The van der Waals surface area contributed by atoms with Crippen molar-refractivity contribution in [2.75, 3.05) is 6.26 Å². The lowest BCUT2D eigenvalue weighted by molar-refractivity contribution is -0.152. The number of hydrogen-bond acceptors (Lipinski definition) is 4. The second-order valence-electron chi connectivity index (χ2n) is 5.77. The Morgan fingerprint density at radius 2 is 2.00 bits per heavy atom. The van der Waals surface area contributed by atoms with Crippen LogP contribution in [0.2, 0.25) is 5.02 Å². The summed E-state index contributed by atoms with van der Waals surface area (Å²) < 4.78 is 28.9. The minimum atomic E-state index is -3.36. The molecule has 1 aliphatic rings. The molecule has 4 nitrogen and oxygen atoms in total. The average molecular weight is 345 g/mol. The number of carbonyl (C=O) groups excluding carboxylic acids is 1. The van der Waals surface area contributed by atoms with Crippen molar-refractivity contribution >= 4 is 27.4 Å². The molecule has 0 aromatic heterocycles. The smallest absolute Gasteiger partial charge is 0.306 e. The van der Waals surface area contributed by atoms with E-state index in [9.17, 15) is 13.2 Å². The summed E-state index contributed by atoms with van der Waals surface area (Å²) in [4.78, 5) is 11.8. The van der Waals surface area contributed by atoms with E-state index in [1.807, 2.05) is 0 Å². The molecule has 0 heterocycles. The first-order valence-corrected chi connectivity index (χ1v) is 9.79. The molecule has 1 atom stereocenters. The first-order valence-electron chi connectivity index (χ1n) is 7.52. The van der Waals surface area contributed by atoms with Crippen molar-refractivity contribution in [3.05, 3.63) is 28.8 Å². The zero-order valence-electron chi connectivity index (χ0n) is 12.8. The van der Waals surface area contributed by atoms with Crippen molar-refractivity contribution in [1.29, 1.82) is 0 Å². The molecule has 0 N–H and O–H groups in total. The summed E-state index contributed by atoms with van der Waals surface area (Å²) in [5, 5.41) is 0.176. The van der Waals surface area contributed by atoms with Crippen molar-refractivity contribution in [2.24, 2.45) is 5.92 Å². The van der Waals surface area contributed by atoms with Gasteiger partial charge in [0, 0.05) is 18.6 Å². The van der Waals surface area contributed by atoms with Crippen LogP contribution in [0.15, 0.2) is 23.1 Å². The van der Waals surface area contributed by atoms with Crippen LogP contribution in [-0.2, 0) is 19.4 Å². The molecule has 2 rings (SSSR count). The second-order valence-corrected chi connectivity index (χ2v) is 8.16. The highest BCUT2D eigenvalue weighted by Gasteiger charge is 2.30. The molecule has 1 unspecified atom stereocenters. The Morgan fingerprint density at radius 3 is 2.50 bits per heavy atom. The van der Waals surface area contributed by atoms with E-state index in [1.165, 1.54) is 6.07 Å². The van der Waals surface area contributed by atoms with Gasteiger partial charge in [-0.1, -0.05) is 37.4 Å². The number of benzene rings is 1. The topological polar surface area (TPSA) is 60.4 Å². The predicted molar refractivity (Wildman–Crippen MR) is 85.6 cm³/mol. The van der Waals surface area contributed by atoms with Crippen LogP contribution >= 0.6 is 11.6 Å². The zero-order valence-corrected chi connectivity index (χ0v) is 14.4. The normalized spacial score (nSPS) is 17.4. The summed E-state index contributed by atoms with van der Waals surface area (Å²) >= 11 is 6.12. The van der Waals surface area contributed by atoms with Gasteiger partial charge < -0.3 is 4.74 Å². The maximum absolute atomic E-state index is 11.7. The molecule has 1 fully saturated rings. The van der Waals surface area contributed by atoms with E-state index in [2.05, 4.69) is 0 Å². The minimum absolute atomic E-state index is 0.102. The molecule has 1 aromatic carbocycles. The van der Waals surface area contributed by atoms with E-state index in [4.69, 9.17) is 16.3 Å². The summed E-state index contributed by atoms with van der Waals surface area (Å²) in [6, 6.07) is 4.81. The van der Waals surface area contributed by atoms with Crippen molar-refractivity contribution in [2.45, 2.75) is 50.0 Å². The van der Waals surface area contributed by atoms with Crippen LogP contribution < -0.4 is 0 Å². The molecule has 6 heteroatoms. The minimum Gasteiger partial charge on any atom is -0.457 e. The monoisotopic (exact) mass is 344 g/mol. The van der Waals surface area contributed by atoms with Gasteiger partial charge in [-0.05, 0) is 30.5 Å². The quantitative estimate of drug-likeness (QED) is 0.759. The van der Waals surface area contributed by atoms with Gasteiger partial charge >= 0.3 is 5.97 Å². The van der Waals surface area contributed by atoms with E-state index >= 15 is 0 Å². The third-order valence-electron chi connectivity index (χ3n) is 4.06. The van der Waals surface area contributed by atoms with E-state index in [0.29, 0.717) is 6.42 Å². The van der Waals surface area contributed by atoms with Gasteiger partial charge in [-0.15, -0.1) is 0 Å². The summed E-state index contributed by atoms with van der Waals surface area (Å²) in [7, 11) is -3.36. The highest BCUT2D eigenvalue weighted by Crippen LogP contribution is 2.39. The van der Waals surface area contributed by atoms with E-state index in [0.717, 1.165) is 37.5 Å². The molecule has 0 bridgehead atoms. The Kier molecular flexibility index (Phi) is 5.50. The molecular formula is C16H21ClO4S. The Labute approximate surface area is 136 Å². The van der Waals surface area contributed by atoms with E-state index in [1.54, 1.807) is 19.1 Å². The SMILES string of the molecule is CCC(=O)OC(c1ccc(S(C)(=O)=O)c(Cl)c1)C1CCCC1. The predicted octanol–water partition coefficient (Wildman–Crippen LogP) is 3.93. The standard InChI is InChI=1S/C16H21ClO4S/c1-3-15(18)21-16(11-6-4-5-7-11)12-8-9-14(13(17)10-12)22(2,19)20/h8-11,16H,3-7H2,1-2H3. The highest BCUT2D eigenvalue weighted by molar-refractivity contribution is 7.90. The molecule has 122 valence electrons. The maximum atomic E-state index is 11.7. The van der Waals surface area contributed by atoms with Crippen LogP contribution in [0.3, 0.4) is 0 Å². The first kappa shape index (κ1) is 17.3. The zero-order chi connectivity index (χ0) is 16.3. The number of rotatable bonds is 5. The fraction of sp³-hybridized carbons (Fsp3) is 0.562. The largest absolute Gasteiger partial charge is 0.457 e. The van der Waals surface area contributed by atoms with Gasteiger partial charge in [-0.2, -0.15) is 0 Å². The van der Waals surface area contributed by atoms with Crippen LogP contribution in [-0.4, -0.2) is 20.6 Å². The lowest BCUT2D eigenvalue weighted by Gasteiger charge is -2.24. The summed E-state index contributed by atoms with van der Waals surface area (Å²) in [5.74, 6) is 0.0239. The molecule has 22 heavy (non-hydrogen) atoms. The number of ether oxygens (including phenoxy) is 1. The fourth-order valence-electron chi connectivity index (χ4n) is 2.92. The Hall–Kier alpha value is -1.07. The van der Waals surface area contributed by atoms with Crippen molar-refractivity contribution in [3.8, 4) is 0 Å². The Balaban J connectivity index is 2.34. The maximum Gasteiger partial charge on any atom is 0.306 e. The van der Waals surface area contributed by atoms with Gasteiger partial charge in [-0.25, -0.2) is 8.42 Å². The van der Waals surface area contributed by atoms with Crippen LogP contribution in [0.25, 0.3) is 0 Å². The molecule has 1 aromatic rings. The number of hydrogen-bond donors (Lipinski definition) is 0. The molecule has 0 aliphatic heterocycles. The number of esters is 1. The second kappa shape index (κ2) is 7.01. The van der Waals surface area contributed by atoms with Gasteiger partial charge in [0.1, 0.15) is 6.10 Å². The van der Waals surface area contributed by atoms with Crippen LogP contribution in [0.4, 0.5) is 0 Å². The van der Waals surface area contributed by atoms with Crippen LogP contribution in [0.5, 0.6) is 0 Å². The molecule has 0 saturated heterocycles. The first-order chi connectivity index (χ1) is 10.3. The molecule has 0 amide bonds. The number of sulfone groups is 1. The number of carbonyl (C=O) groups is 1. The molecular weight excluding hydrogens is 324 g/mol. The van der Waals surface area contributed by atoms with Gasteiger partial charge in [0.25, 0.3) is 0 Å². The molecule has 1 saturated carbocycles. The van der Waals surface area contributed by atoms with Crippen molar-refractivity contribution in [1.82, 2.24) is 0 Å². The average Bonchev–Trinajstić information content (AvgIpc) is 2.96. The van der Waals surface area contributed by atoms with Crippen molar-refractivity contribution < 1.29 is 17.9 Å². The summed E-state index contributed by atoms with van der Waals surface area (Å²) in [6.07, 6.45) is 5.36. The highest BCUT2D eigenvalue weighted by atomic mass is 35.5. The van der Waals surface area contributed by atoms with Gasteiger partial charge in [0.2, 0.25) is 0 Å². The lowest BCUT2D eigenvalue weighted by atomic mass is 9.94.